The Morgan fingerprint density at radius 1 is 0.880 bits per heavy atom. The summed E-state index contributed by atoms with van der Waals surface area (Å²) >= 11 is 0. The lowest BCUT2D eigenvalue weighted by atomic mass is 10.1. The lowest BCUT2D eigenvalue weighted by Gasteiger charge is -2.10. The first-order chi connectivity index (χ1) is 12.3. The molecule has 3 rings (SSSR count). The van der Waals surface area contributed by atoms with Crippen molar-refractivity contribution in [2.75, 3.05) is 14.2 Å². The second-order valence-corrected chi connectivity index (χ2v) is 5.73. The first kappa shape index (κ1) is 17.0. The number of ether oxygens (including phenoxy) is 2. The largest absolute Gasteiger partial charge is 0.497 e. The van der Waals surface area contributed by atoms with Gasteiger partial charge in [0.1, 0.15) is 24.2 Å². The van der Waals surface area contributed by atoms with Crippen LogP contribution in [0.3, 0.4) is 0 Å². The smallest absolute Gasteiger partial charge is 0.137 e. The van der Waals surface area contributed by atoms with Gasteiger partial charge < -0.3 is 14.8 Å². The van der Waals surface area contributed by atoms with Crippen LogP contribution in [0.4, 0.5) is 0 Å². The molecule has 0 saturated heterocycles. The second kappa shape index (κ2) is 8.30. The van der Waals surface area contributed by atoms with E-state index in [9.17, 15) is 0 Å². The molecule has 2 aromatic carbocycles. The Bertz CT molecular complexity index is 763. The summed E-state index contributed by atoms with van der Waals surface area (Å²) in [7, 11) is 3.32. The van der Waals surface area contributed by atoms with Crippen LogP contribution < -0.4 is 14.8 Å². The van der Waals surface area contributed by atoms with Gasteiger partial charge in [-0.25, -0.2) is 9.67 Å². The summed E-state index contributed by atoms with van der Waals surface area (Å²) in [6, 6.07) is 14.4. The van der Waals surface area contributed by atoms with Gasteiger partial charge in [-0.05, 0) is 28.8 Å². The van der Waals surface area contributed by atoms with Crippen molar-refractivity contribution < 1.29 is 9.47 Å². The van der Waals surface area contributed by atoms with E-state index in [1.54, 1.807) is 26.9 Å². The zero-order chi connectivity index (χ0) is 17.5. The fourth-order valence-electron chi connectivity index (χ4n) is 2.58. The Hall–Kier alpha value is -2.86. The third-order valence-electron chi connectivity index (χ3n) is 3.90. The monoisotopic (exact) mass is 338 g/mol. The van der Waals surface area contributed by atoms with Crippen molar-refractivity contribution >= 4 is 0 Å². The first-order valence-electron chi connectivity index (χ1n) is 8.09. The Kier molecular flexibility index (Phi) is 5.64. The standard InChI is InChI=1S/C19H22N4O2/c1-24-18-7-17(8-19(9-18)25-2)11-20-10-15-3-5-16(6-4-15)12-23-14-21-13-22-23/h3-9,13-14,20H,10-12H2,1-2H3. The SMILES string of the molecule is COc1cc(CNCc2ccc(Cn3cncn3)cc2)cc(OC)c1. The highest BCUT2D eigenvalue weighted by molar-refractivity contribution is 5.38. The highest BCUT2D eigenvalue weighted by Crippen LogP contribution is 2.22. The molecule has 6 heteroatoms. The zero-order valence-electron chi connectivity index (χ0n) is 14.5. The maximum atomic E-state index is 5.30. The molecule has 0 fully saturated rings. The molecule has 0 saturated carbocycles. The molecule has 3 aromatic rings. The average Bonchev–Trinajstić information content (AvgIpc) is 3.16. The third kappa shape index (κ3) is 4.81. The highest BCUT2D eigenvalue weighted by atomic mass is 16.5. The summed E-state index contributed by atoms with van der Waals surface area (Å²) in [4.78, 5) is 3.95. The van der Waals surface area contributed by atoms with Crippen molar-refractivity contribution in [3.05, 3.63) is 71.8 Å². The van der Waals surface area contributed by atoms with Crippen molar-refractivity contribution in [3.63, 3.8) is 0 Å². The Labute approximate surface area is 147 Å². The first-order valence-corrected chi connectivity index (χ1v) is 8.09. The van der Waals surface area contributed by atoms with Gasteiger partial charge >= 0.3 is 0 Å². The average molecular weight is 338 g/mol. The van der Waals surface area contributed by atoms with Crippen molar-refractivity contribution in [2.24, 2.45) is 0 Å². The van der Waals surface area contributed by atoms with Crippen LogP contribution in [0, 0.1) is 0 Å². The summed E-state index contributed by atoms with van der Waals surface area (Å²) in [6.07, 6.45) is 3.27. The molecule has 0 bridgehead atoms. The maximum absolute atomic E-state index is 5.30. The van der Waals surface area contributed by atoms with Crippen molar-refractivity contribution in [1.29, 1.82) is 0 Å². The molecule has 1 N–H and O–H groups in total. The third-order valence-corrected chi connectivity index (χ3v) is 3.90. The van der Waals surface area contributed by atoms with Crippen LogP contribution in [-0.2, 0) is 19.6 Å². The van der Waals surface area contributed by atoms with Gasteiger partial charge in [-0.2, -0.15) is 5.10 Å². The number of hydrogen-bond acceptors (Lipinski definition) is 5. The van der Waals surface area contributed by atoms with Crippen LogP contribution in [0.25, 0.3) is 0 Å². The molecule has 25 heavy (non-hydrogen) atoms. The summed E-state index contributed by atoms with van der Waals surface area (Å²) in [5.41, 5.74) is 3.56. The summed E-state index contributed by atoms with van der Waals surface area (Å²) in [6.45, 7) is 2.27. The van der Waals surface area contributed by atoms with Gasteiger partial charge in [-0.1, -0.05) is 24.3 Å². The number of nitrogens with one attached hydrogen (secondary N) is 1. The van der Waals surface area contributed by atoms with Crippen LogP contribution in [0.1, 0.15) is 16.7 Å². The van der Waals surface area contributed by atoms with E-state index in [1.165, 1.54) is 11.1 Å². The molecule has 0 amide bonds. The Balaban J connectivity index is 1.53. The Morgan fingerprint density at radius 3 is 2.12 bits per heavy atom. The molecule has 6 nitrogen and oxygen atoms in total. The molecule has 1 heterocycles. The fraction of sp³-hybridized carbons (Fsp3) is 0.263. The van der Waals surface area contributed by atoms with Crippen LogP contribution >= 0.6 is 0 Å². The van der Waals surface area contributed by atoms with Gasteiger partial charge in [0, 0.05) is 19.2 Å². The normalized spacial score (nSPS) is 10.6. The van der Waals surface area contributed by atoms with Crippen LogP contribution in [0.15, 0.2) is 55.1 Å². The summed E-state index contributed by atoms with van der Waals surface area (Å²) in [5, 5.41) is 7.57. The Morgan fingerprint density at radius 2 is 1.52 bits per heavy atom. The molecule has 0 atom stereocenters. The minimum absolute atomic E-state index is 0.733. The van der Waals surface area contributed by atoms with Gasteiger partial charge in [0.25, 0.3) is 0 Å². The topological polar surface area (TPSA) is 61.2 Å². The summed E-state index contributed by atoms with van der Waals surface area (Å²) in [5.74, 6) is 1.60. The van der Waals surface area contributed by atoms with Crippen LogP contribution in [0.2, 0.25) is 0 Å². The molecule has 0 aliphatic heterocycles. The van der Waals surface area contributed by atoms with Gasteiger partial charge in [0.15, 0.2) is 0 Å². The number of methoxy groups -OCH3 is 2. The van der Waals surface area contributed by atoms with Crippen molar-refractivity contribution in [1.82, 2.24) is 20.1 Å². The number of aromatic nitrogens is 3. The van der Waals surface area contributed by atoms with Crippen LogP contribution in [-0.4, -0.2) is 29.0 Å². The van der Waals surface area contributed by atoms with E-state index >= 15 is 0 Å². The molecule has 1 aromatic heterocycles. The van der Waals surface area contributed by atoms with E-state index < -0.39 is 0 Å². The molecule has 0 aliphatic carbocycles. The molecule has 0 radical (unpaired) electrons. The van der Waals surface area contributed by atoms with Gasteiger partial charge in [0.05, 0.1) is 20.8 Å². The van der Waals surface area contributed by atoms with Crippen molar-refractivity contribution in [3.8, 4) is 11.5 Å². The highest BCUT2D eigenvalue weighted by Gasteiger charge is 2.02. The van der Waals surface area contributed by atoms with E-state index in [4.69, 9.17) is 9.47 Å². The van der Waals surface area contributed by atoms with Crippen LogP contribution in [0.5, 0.6) is 11.5 Å². The quantitative estimate of drug-likeness (QED) is 0.684. The minimum Gasteiger partial charge on any atom is -0.497 e. The number of hydrogen-bond donors (Lipinski definition) is 1. The molecule has 0 unspecified atom stereocenters. The molecular weight excluding hydrogens is 316 g/mol. The molecule has 0 spiro atoms. The van der Waals surface area contributed by atoms with Crippen molar-refractivity contribution in [2.45, 2.75) is 19.6 Å². The van der Waals surface area contributed by atoms with Gasteiger partial charge in [0.2, 0.25) is 0 Å². The number of nitrogens with zero attached hydrogens (tertiary/aromatic N) is 3. The van der Waals surface area contributed by atoms with E-state index in [2.05, 4.69) is 39.7 Å². The fourth-order valence-corrected chi connectivity index (χ4v) is 2.58. The van der Waals surface area contributed by atoms with E-state index in [-0.39, 0.29) is 0 Å². The molecule has 0 aliphatic rings. The molecular formula is C19H22N4O2. The van der Waals surface area contributed by atoms with E-state index in [0.29, 0.717) is 0 Å². The van der Waals surface area contributed by atoms with E-state index in [1.807, 2.05) is 22.9 Å². The lowest BCUT2D eigenvalue weighted by molar-refractivity contribution is 0.393. The zero-order valence-corrected chi connectivity index (χ0v) is 14.5. The lowest BCUT2D eigenvalue weighted by Crippen LogP contribution is -2.13. The predicted octanol–water partition coefficient (Wildman–Crippen LogP) is 2.63. The number of benzene rings is 2. The van der Waals surface area contributed by atoms with E-state index in [0.717, 1.165) is 36.7 Å². The summed E-state index contributed by atoms with van der Waals surface area (Å²) < 4.78 is 12.4. The minimum atomic E-state index is 0.733. The van der Waals surface area contributed by atoms with Gasteiger partial charge in [-0.15, -0.1) is 0 Å². The second-order valence-electron chi connectivity index (χ2n) is 5.73. The maximum Gasteiger partial charge on any atom is 0.137 e. The number of rotatable bonds is 8. The predicted molar refractivity (Wildman–Crippen MR) is 95.7 cm³/mol. The molecule has 130 valence electrons. The van der Waals surface area contributed by atoms with Gasteiger partial charge in [-0.3, -0.25) is 0 Å².